The second-order valence-corrected chi connectivity index (χ2v) is 5.15. The highest BCUT2D eigenvalue weighted by Crippen LogP contribution is 2.35. The van der Waals surface area contributed by atoms with Crippen LogP contribution in [0.25, 0.3) is 0 Å². The van der Waals surface area contributed by atoms with Crippen molar-refractivity contribution in [1.29, 1.82) is 0 Å². The molecule has 1 unspecified atom stereocenters. The number of hydrogen-bond acceptors (Lipinski definition) is 4. The number of rotatable bonds is 5. The molecule has 0 aliphatic heterocycles. The van der Waals surface area contributed by atoms with Gasteiger partial charge in [0.25, 0.3) is 5.91 Å². The molecule has 18 heavy (non-hydrogen) atoms. The molecule has 0 aromatic carbocycles. The summed E-state index contributed by atoms with van der Waals surface area (Å²) in [4.78, 5) is 13.7. The van der Waals surface area contributed by atoms with Crippen LogP contribution in [0.1, 0.15) is 41.6 Å². The predicted octanol–water partition coefficient (Wildman–Crippen LogP) is 1.42. The van der Waals surface area contributed by atoms with Crippen molar-refractivity contribution >= 4 is 5.91 Å². The van der Waals surface area contributed by atoms with E-state index in [1.54, 1.807) is 13.0 Å². The van der Waals surface area contributed by atoms with E-state index in [1.807, 2.05) is 0 Å². The van der Waals surface area contributed by atoms with Crippen LogP contribution < -0.4 is 11.3 Å². The maximum Gasteiger partial charge on any atom is 0.268 e. The van der Waals surface area contributed by atoms with Crippen molar-refractivity contribution in [3.8, 4) is 0 Å². The molecule has 1 aromatic heterocycles. The van der Waals surface area contributed by atoms with E-state index >= 15 is 0 Å². The van der Waals surface area contributed by atoms with Crippen molar-refractivity contribution < 1.29 is 9.21 Å². The van der Waals surface area contributed by atoms with Gasteiger partial charge in [0.15, 0.2) is 0 Å². The van der Waals surface area contributed by atoms with Gasteiger partial charge in [0, 0.05) is 6.04 Å². The van der Waals surface area contributed by atoms with E-state index in [1.165, 1.54) is 12.8 Å². The van der Waals surface area contributed by atoms with Gasteiger partial charge in [0.1, 0.15) is 11.5 Å². The smallest absolute Gasteiger partial charge is 0.268 e. The number of carbonyl (C=O) groups is 1. The van der Waals surface area contributed by atoms with Crippen molar-refractivity contribution in [3.05, 3.63) is 23.2 Å². The van der Waals surface area contributed by atoms with E-state index in [0.717, 1.165) is 18.2 Å². The highest BCUT2D eigenvalue weighted by Gasteiger charge is 2.30. The molecule has 2 rings (SSSR count). The Kier molecular flexibility index (Phi) is 3.73. The van der Waals surface area contributed by atoms with Crippen LogP contribution in [0.3, 0.4) is 0 Å². The molecule has 0 radical (unpaired) electrons. The lowest BCUT2D eigenvalue weighted by atomic mass is 10.2. The van der Waals surface area contributed by atoms with Crippen LogP contribution in [0, 0.1) is 12.8 Å². The van der Waals surface area contributed by atoms with E-state index in [0.29, 0.717) is 17.4 Å². The fourth-order valence-corrected chi connectivity index (χ4v) is 2.25. The van der Waals surface area contributed by atoms with Gasteiger partial charge in [-0.1, -0.05) is 0 Å². The summed E-state index contributed by atoms with van der Waals surface area (Å²) in [5.41, 5.74) is 2.64. The number of hydrazine groups is 1. The lowest BCUT2D eigenvalue weighted by Gasteiger charge is -2.23. The summed E-state index contributed by atoms with van der Waals surface area (Å²) in [6.07, 6.45) is 2.65. The summed E-state index contributed by atoms with van der Waals surface area (Å²) in [5.74, 6) is 7.06. The third kappa shape index (κ3) is 2.73. The van der Waals surface area contributed by atoms with Crippen molar-refractivity contribution in [3.63, 3.8) is 0 Å². The van der Waals surface area contributed by atoms with E-state index < -0.39 is 0 Å². The molecule has 3 N–H and O–H groups in total. The lowest BCUT2D eigenvalue weighted by Crippen LogP contribution is -2.30. The van der Waals surface area contributed by atoms with Crippen molar-refractivity contribution in [1.82, 2.24) is 10.3 Å². The first-order chi connectivity index (χ1) is 8.52. The third-order valence-electron chi connectivity index (χ3n) is 3.75. The van der Waals surface area contributed by atoms with Crippen LogP contribution in [0.15, 0.2) is 10.5 Å². The number of nitrogens with two attached hydrogens (primary N) is 1. The maximum atomic E-state index is 11.5. The molecule has 1 heterocycles. The Morgan fingerprint density at radius 2 is 2.33 bits per heavy atom. The number of hydrogen-bond donors (Lipinski definition) is 2. The number of carbonyl (C=O) groups excluding carboxylic acids is 1. The Hall–Kier alpha value is -1.33. The Labute approximate surface area is 107 Å². The van der Waals surface area contributed by atoms with Crippen LogP contribution in [0.2, 0.25) is 0 Å². The molecule has 1 fully saturated rings. The molecule has 1 amide bonds. The SMILES string of the molecule is Cc1oc(CN(C)C(C)C2CC2)cc1C(=O)NN. The molecule has 1 aliphatic carbocycles. The monoisotopic (exact) mass is 251 g/mol. The van der Waals surface area contributed by atoms with E-state index in [4.69, 9.17) is 10.3 Å². The molecule has 1 aliphatic rings. The molecular formula is C13H21N3O2. The summed E-state index contributed by atoms with van der Waals surface area (Å²) in [5, 5.41) is 0. The highest BCUT2D eigenvalue weighted by atomic mass is 16.3. The van der Waals surface area contributed by atoms with Gasteiger partial charge in [-0.25, -0.2) is 5.84 Å². The largest absolute Gasteiger partial charge is 0.464 e. The molecule has 100 valence electrons. The number of nitrogen functional groups attached to an aromatic ring is 1. The number of nitrogens with one attached hydrogen (secondary N) is 1. The number of nitrogens with zero attached hydrogens (tertiary/aromatic N) is 1. The molecule has 1 atom stereocenters. The normalized spacial score (nSPS) is 16.9. The van der Waals surface area contributed by atoms with E-state index in [2.05, 4.69) is 24.3 Å². The van der Waals surface area contributed by atoms with Gasteiger partial charge in [-0.2, -0.15) is 0 Å². The Bertz CT molecular complexity index is 437. The second-order valence-electron chi connectivity index (χ2n) is 5.15. The minimum atomic E-state index is -0.305. The van der Waals surface area contributed by atoms with Crippen LogP contribution >= 0.6 is 0 Å². The zero-order chi connectivity index (χ0) is 13.3. The molecule has 0 bridgehead atoms. The lowest BCUT2D eigenvalue weighted by molar-refractivity contribution is 0.0952. The fraction of sp³-hybridized carbons (Fsp3) is 0.615. The van der Waals surface area contributed by atoms with E-state index in [-0.39, 0.29) is 5.91 Å². The predicted molar refractivity (Wildman–Crippen MR) is 68.8 cm³/mol. The van der Waals surface area contributed by atoms with Gasteiger partial charge in [0.2, 0.25) is 0 Å². The summed E-state index contributed by atoms with van der Waals surface area (Å²) in [6, 6.07) is 2.33. The highest BCUT2D eigenvalue weighted by molar-refractivity contribution is 5.94. The molecule has 0 spiro atoms. The molecule has 5 heteroatoms. The van der Waals surface area contributed by atoms with E-state index in [9.17, 15) is 4.79 Å². The number of amides is 1. The van der Waals surface area contributed by atoms with Gasteiger partial charge >= 0.3 is 0 Å². The van der Waals surface area contributed by atoms with Gasteiger partial charge in [0.05, 0.1) is 12.1 Å². The fourth-order valence-electron chi connectivity index (χ4n) is 2.25. The second kappa shape index (κ2) is 5.12. The maximum absolute atomic E-state index is 11.5. The standard InChI is InChI=1S/C13H21N3O2/c1-8(10-4-5-10)16(3)7-11-6-12(9(2)18-11)13(17)15-14/h6,8,10H,4-5,7,14H2,1-3H3,(H,15,17). The van der Waals surface area contributed by atoms with Crippen molar-refractivity contribution in [2.24, 2.45) is 11.8 Å². The van der Waals surface area contributed by atoms with Crippen LogP contribution in [-0.2, 0) is 6.54 Å². The number of furan rings is 1. The summed E-state index contributed by atoms with van der Waals surface area (Å²) in [6.45, 7) is 4.73. The van der Waals surface area contributed by atoms with Gasteiger partial charge in [-0.05, 0) is 45.7 Å². The van der Waals surface area contributed by atoms with Gasteiger partial charge < -0.3 is 4.42 Å². The third-order valence-corrected chi connectivity index (χ3v) is 3.75. The first-order valence-corrected chi connectivity index (χ1v) is 6.33. The molecule has 1 saturated carbocycles. The molecule has 5 nitrogen and oxygen atoms in total. The Balaban J connectivity index is 2.03. The molecular weight excluding hydrogens is 230 g/mol. The zero-order valence-corrected chi connectivity index (χ0v) is 11.2. The summed E-state index contributed by atoms with van der Waals surface area (Å²) < 4.78 is 5.60. The van der Waals surface area contributed by atoms with Crippen molar-refractivity contribution in [2.45, 2.75) is 39.3 Å². The van der Waals surface area contributed by atoms with Crippen molar-refractivity contribution in [2.75, 3.05) is 7.05 Å². The Morgan fingerprint density at radius 1 is 1.67 bits per heavy atom. The Morgan fingerprint density at radius 3 is 2.89 bits per heavy atom. The minimum Gasteiger partial charge on any atom is -0.464 e. The number of aryl methyl sites for hydroxylation is 1. The van der Waals surface area contributed by atoms with Crippen LogP contribution in [-0.4, -0.2) is 23.9 Å². The summed E-state index contributed by atoms with van der Waals surface area (Å²) >= 11 is 0. The average molecular weight is 251 g/mol. The average Bonchev–Trinajstić information content (AvgIpc) is 3.12. The van der Waals surface area contributed by atoms with Crippen LogP contribution in [0.4, 0.5) is 0 Å². The van der Waals surface area contributed by atoms with Crippen LogP contribution in [0.5, 0.6) is 0 Å². The zero-order valence-electron chi connectivity index (χ0n) is 11.2. The topological polar surface area (TPSA) is 71.5 Å². The summed E-state index contributed by atoms with van der Waals surface area (Å²) in [7, 11) is 2.09. The minimum absolute atomic E-state index is 0.305. The quantitative estimate of drug-likeness (QED) is 0.471. The first kappa shape index (κ1) is 13.1. The van der Waals surface area contributed by atoms with Gasteiger partial charge in [-0.15, -0.1) is 0 Å². The molecule has 1 aromatic rings. The molecule has 0 saturated heterocycles. The first-order valence-electron chi connectivity index (χ1n) is 6.33. The van der Waals surface area contributed by atoms with Gasteiger partial charge in [-0.3, -0.25) is 15.1 Å².